The lowest BCUT2D eigenvalue weighted by Gasteiger charge is -2.14. The first-order valence-corrected chi connectivity index (χ1v) is 12.4. The van der Waals surface area contributed by atoms with Gasteiger partial charge >= 0.3 is 0 Å². The van der Waals surface area contributed by atoms with Crippen LogP contribution in [0, 0.1) is 0 Å². The number of oxime groups is 1. The van der Waals surface area contributed by atoms with E-state index in [1.54, 1.807) is 11.0 Å². The molecule has 0 unspecified atom stereocenters. The Morgan fingerprint density at radius 3 is 2.03 bits per heavy atom. The summed E-state index contributed by atoms with van der Waals surface area (Å²) in [4.78, 5) is 10.2. The van der Waals surface area contributed by atoms with E-state index < -0.39 is 0 Å². The minimum absolute atomic E-state index is 0.487. The van der Waals surface area contributed by atoms with Crippen LogP contribution >= 0.6 is 11.8 Å². The lowest BCUT2D eigenvalue weighted by Crippen LogP contribution is -2.11. The zero-order valence-corrected chi connectivity index (χ0v) is 20.6. The Labute approximate surface area is 219 Å². The van der Waals surface area contributed by atoms with Crippen molar-refractivity contribution in [1.82, 2.24) is 14.8 Å². The molecule has 37 heavy (non-hydrogen) atoms. The summed E-state index contributed by atoms with van der Waals surface area (Å²) in [5.41, 5.74) is 5.00. The number of thioether (sulfide) groups is 1. The summed E-state index contributed by atoms with van der Waals surface area (Å²) in [5.74, 6) is 0. The van der Waals surface area contributed by atoms with Crippen molar-refractivity contribution in [2.75, 3.05) is 0 Å². The van der Waals surface area contributed by atoms with Gasteiger partial charge in [-0.1, -0.05) is 120 Å². The van der Waals surface area contributed by atoms with Crippen molar-refractivity contribution in [3.05, 3.63) is 145 Å². The SMILES string of the molecule is O/N=C(\Sc1ccccc1N=C(/C(=C/c1ccccc1)n1cncn1)c1ccccc1)c1ccccc1. The first kappa shape index (κ1) is 24.0. The maximum Gasteiger partial charge on any atom is 0.147 e. The molecule has 0 radical (unpaired) electrons. The van der Waals surface area contributed by atoms with Gasteiger partial charge in [-0.2, -0.15) is 5.10 Å². The molecule has 0 fully saturated rings. The Balaban J connectivity index is 1.65. The fourth-order valence-electron chi connectivity index (χ4n) is 3.73. The van der Waals surface area contributed by atoms with Crippen LogP contribution in [0.2, 0.25) is 0 Å². The zero-order chi connectivity index (χ0) is 25.3. The maximum absolute atomic E-state index is 9.77. The van der Waals surface area contributed by atoms with Crippen molar-refractivity contribution in [3.8, 4) is 0 Å². The summed E-state index contributed by atoms with van der Waals surface area (Å²) in [6.07, 6.45) is 5.22. The number of para-hydroxylation sites is 1. The molecule has 1 aromatic heterocycles. The normalized spacial score (nSPS) is 12.5. The van der Waals surface area contributed by atoms with Crippen molar-refractivity contribution in [1.29, 1.82) is 0 Å². The largest absolute Gasteiger partial charge is 0.410 e. The van der Waals surface area contributed by atoms with Gasteiger partial charge in [0.15, 0.2) is 0 Å². The highest BCUT2D eigenvalue weighted by Crippen LogP contribution is 2.34. The van der Waals surface area contributed by atoms with Crippen molar-refractivity contribution in [3.63, 3.8) is 0 Å². The average Bonchev–Trinajstić information content (AvgIpc) is 3.51. The van der Waals surface area contributed by atoms with Gasteiger partial charge < -0.3 is 5.21 Å². The van der Waals surface area contributed by atoms with E-state index in [2.05, 4.69) is 15.2 Å². The molecule has 4 aromatic carbocycles. The van der Waals surface area contributed by atoms with Crippen LogP contribution in [0.3, 0.4) is 0 Å². The van der Waals surface area contributed by atoms with Crippen LogP contribution in [0.1, 0.15) is 16.7 Å². The summed E-state index contributed by atoms with van der Waals surface area (Å²) in [6.45, 7) is 0. The minimum atomic E-state index is 0.487. The van der Waals surface area contributed by atoms with E-state index in [1.165, 1.54) is 18.1 Å². The second-order valence-electron chi connectivity index (χ2n) is 7.95. The van der Waals surface area contributed by atoms with Crippen molar-refractivity contribution in [2.24, 2.45) is 10.1 Å². The highest BCUT2D eigenvalue weighted by molar-refractivity contribution is 8.14. The zero-order valence-electron chi connectivity index (χ0n) is 19.8. The monoisotopic (exact) mass is 501 g/mol. The molecule has 180 valence electrons. The Kier molecular flexibility index (Phi) is 7.64. The number of hydrogen-bond donors (Lipinski definition) is 1. The van der Waals surface area contributed by atoms with E-state index in [9.17, 15) is 5.21 Å². The molecule has 0 aliphatic carbocycles. The lowest BCUT2D eigenvalue weighted by atomic mass is 10.0. The van der Waals surface area contributed by atoms with Crippen LogP contribution in [0.15, 0.2) is 143 Å². The molecule has 0 saturated carbocycles. The Hall–Kier alpha value is -4.75. The van der Waals surface area contributed by atoms with E-state index >= 15 is 0 Å². The first-order chi connectivity index (χ1) is 18.3. The molecule has 5 aromatic rings. The van der Waals surface area contributed by atoms with Crippen LogP contribution < -0.4 is 0 Å². The van der Waals surface area contributed by atoms with Gasteiger partial charge in [-0.15, -0.1) is 0 Å². The third-order valence-electron chi connectivity index (χ3n) is 5.47. The number of nitrogens with zero attached hydrogens (tertiary/aromatic N) is 5. The molecule has 0 aliphatic rings. The van der Waals surface area contributed by atoms with Gasteiger partial charge in [0.1, 0.15) is 17.7 Å². The lowest BCUT2D eigenvalue weighted by molar-refractivity contribution is 0.321. The summed E-state index contributed by atoms with van der Waals surface area (Å²) < 4.78 is 1.72. The topological polar surface area (TPSA) is 75.7 Å². The standard InChI is InChI=1S/C30H23N5OS/c36-34-30(25-16-8-3-9-17-25)37-28-19-11-10-18-26(28)33-29(24-14-6-2-7-15-24)27(35-22-31-21-32-35)20-23-12-4-1-5-13-23/h1-22,36H/b27-20-,33-29?,34-30-. The van der Waals surface area contributed by atoms with Gasteiger partial charge in [-0.25, -0.2) is 14.7 Å². The summed E-state index contributed by atoms with van der Waals surface area (Å²) in [7, 11) is 0. The van der Waals surface area contributed by atoms with E-state index in [1.807, 2.05) is 121 Å². The van der Waals surface area contributed by atoms with Crippen LogP contribution in [0.25, 0.3) is 11.8 Å². The third-order valence-corrected chi connectivity index (χ3v) is 6.55. The van der Waals surface area contributed by atoms with Gasteiger partial charge in [0.05, 0.1) is 17.1 Å². The average molecular weight is 502 g/mol. The molecule has 0 saturated heterocycles. The van der Waals surface area contributed by atoms with Crippen LogP contribution in [0.4, 0.5) is 5.69 Å². The Bertz CT molecular complexity index is 1530. The fourth-order valence-corrected chi connectivity index (χ4v) is 4.59. The van der Waals surface area contributed by atoms with Crippen molar-refractivity contribution in [2.45, 2.75) is 4.90 Å². The molecule has 0 aliphatic heterocycles. The van der Waals surface area contributed by atoms with Crippen LogP contribution in [0.5, 0.6) is 0 Å². The predicted molar refractivity (Wildman–Crippen MR) is 150 cm³/mol. The number of aliphatic imine (C=N–C) groups is 1. The van der Waals surface area contributed by atoms with E-state index in [0.717, 1.165) is 38.7 Å². The Morgan fingerprint density at radius 1 is 0.757 bits per heavy atom. The van der Waals surface area contributed by atoms with E-state index in [-0.39, 0.29) is 0 Å². The van der Waals surface area contributed by atoms with Gasteiger partial charge in [-0.05, 0) is 23.8 Å². The third kappa shape index (κ3) is 5.91. The van der Waals surface area contributed by atoms with Gasteiger partial charge in [0.25, 0.3) is 0 Å². The minimum Gasteiger partial charge on any atom is -0.410 e. The highest BCUT2D eigenvalue weighted by Gasteiger charge is 2.16. The molecule has 6 nitrogen and oxygen atoms in total. The molecule has 0 spiro atoms. The number of hydrogen-bond acceptors (Lipinski definition) is 6. The molecule has 5 rings (SSSR count). The molecule has 1 heterocycles. The number of allylic oxidation sites excluding steroid dienone is 1. The molecule has 7 heteroatoms. The first-order valence-electron chi connectivity index (χ1n) is 11.6. The van der Waals surface area contributed by atoms with Crippen LogP contribution in [-0.4, -0.2) is 30.7 Å². The molecule has 0 atom stereocenters. The molecular weight excluding hydrogens is 478 g/mol. The fraction of sp³-hybridized carbons (Fsp3) is 0. The van der Waals surface area contributed by atoms with Gasteiger partial charge in [-0.3, -0.25) is 0 Å². The maximum atomic E-state index is 9.77. The van der Waals surface area contributed by atoms with Gasteiger partial charge in [0.2, 0.25) is 0 Å². The molecule has 1 N–H and O–H groups in total. The summed E-state index contributed by atoms with van der Waals surface area (Å²) in [6, 6.07) is 37.4. The van der Waals surface area contributed by atoms with E-state index in [4.69, 9.17) is 4.99 Å². The molecule has 0 amide bonds. The summed E-state index contributed by atoms with van der Waals surface area (Å²) in [5, 5.41) is 18.2. The van der Waals surface area contributed by atoms with E-state index in [0.29, 0.717) is 5.04 Å². The number of benzene rings is 4. The number of rotatable bonds is 7. The predicted octanol–water partition coefficient (Wildman–Crippen LogP) is 7.03. The van der Waals surface area contributed by atoms with Crippen molar-refractivity contribution >= 4 is 40.0 Å². The second kappa shape index (κ2) is 11.8. The highest BCUT2D eigenvalue weighted by atomic mass is 32.2. The van der Waals surface area contributed by atoms with Gasteiger partial charge in [0, 0.05) is 16.0 Å². The Morgan fingerprint density at radius 2 is 1.38 bits per heavy atom. The number of aromatic nitrogens is 3. The molecular formula is C30H23N5OS. The quantitative estimate of drug-likeness (QED) is 0.0854. The smallest absolute Gasteiger partial charge is 0.147 e. The van der Waals surface area contributed by atoms with Crippen LogP contribution in [-0.2, 0) is 0 Å². The second-order valence-corrected chi connectivity index (χ2v) is 8.98. The van der Waals surface area contributed by atoms with Crippen molar-refractivity contribution < 1.29 is 5.21 Å². The summed E-state index contributed by atoms with van der Waals surface area (Å²) >= 11 is 1.36. The molecule has 0 bridgehead atoms.